The molecule has 164 valence electrons. The van der Waals surface area contributed by atoms with Crippen LogP contribution in [0.25, 0.3) is 0 Å². The SMILES string of the molecule is CN1C(=O)[C@@H](NC(=O)c2nc3n(n2)C(c2ccccc2)CC3(C)F)COc2ccccc21. The van der Waals surface area contributed by atoms with Crippen LogP contribution in [0.5, 0.6) is 5.75 Å². The van der Waals surface area contributed by atoms with E-state index in [1.54, 1.807) is 25.2 Å². The molecule has 3 atom stereocenters. The Morgan fingerprint density at radius 1 is 1.19 bits per heavy atom. The second kappa shape index (κ2) is 7.44. The van der Waals surface area contributed by atoms with Crippen molar-refractivity contribution in [2.75, 3.05) is 18.6 Å². The van der Waals surface area contributed by atoms with E-state index in [-0.39, 0.29) is 36.6 Å². The maximum atomic E-state index is 15.3. The van der Waals surface area contributed by atoms with E-state index in [0.29, 0.717) is 11.4 Å². The molecule has 2 aromatic carbocycles. The van der Waals surface area contributed by atoms with Gasteiger partial charge in [-0.1, -0.05) is 42.5 Å². The van der Waals surface area contributed by atoms with Crippen molar-refractivity contribution in [2.45, 2.75) is 31.1 Å². The summed E-state index contributed by atoms with van der Waals surface area (Å²) in [6.07, 6.45) is 0.187. The highest BCUT2D eigenvalue weighted by molar-refractivity contribution is 6.02. The Morgan fingerprint density at radius 2 is 1.91 bits per heavy atom. The van der Waals surface area contributed by atoms with Gasteiger partial charge in [-0.3, -0.25) is 9.59 Å². The molecule has 0 bridgehead atoms. The van der Waals surface area contributed by atoms with Gasteiger partial charge in [0, 0.05) is 13.5 Å². The van der Waals surface area contributed by atoms with Crippen molar-refractivity contribution >= 4 is 17.5 Å². The smallest absolute Gasteiger partial charge is 0.291 e. The molecule has 2 aliphatic heterocycles. The van der Waals surface area contributed by atoms with Gasteiger partial charge in [0.25, 0.3) is 11.8 Å². The fraction of sp³-hybridized carbons (Fsp3) is 0.304. The average Bonchev–Trinajstić information content (AvgIpc) is 3.32. The van der Waals surface area contributed by atoms with Crippen LogP contribution in [0.4, 0.5) is 10.1 Å². The molecular weight excluding hydrogens is 413 g/mol. The second-order valence-corrected chi connectivity index (χ2v) is 8.23. The number of anilines is 1. The molecule has 3 aromatic rings. The van der Waals surface area contributed by atoms with Crippen LogP contribution < -0.4 is 15.0 Å². The maximum Gasteiger partial charge on any atom is 0.291 e. The number of nitrogens with one attached hydrogen (secondary N) is 1. The largest absolute Gasteiger partial charge is 0.489 e. The fourth-order valence-electron chi connectivity index (χ4n) is 4.25. The maximum absolute atomic E-state index is 15.3. The van der Waals surface area contributed by atoms with E-state index in [1.165, 1.54) is 16.5 Å². The van der Waals surface area contributed by atoms with Crippen LogP contribution in [0.1, 0.15) is 41.4 Å². The molecule has 5 rings (SSSR count). The summed E-state index contributed by atoms with van der Waals surface area (Å²) in [6.45, 7) is 1.40. The Bertz CT molecular complexity index is 1190. The van der Waals surface area contributed by atoms with Crippen molar-refractivity contribution in [3.05, 3.63) is 71.8 Å². The lowest BCUT2D eigenvalue weighted by molar-refractivity contribution is -0.120. The van der Waals surface area contributed by atoms with Gasteiger partial charge in [0.05, 0.1) is 11.7 Å². The molecule has 0 radical (unpaired) electrons. The predicted molar refractivity (Wildman–Crippen MR) is 114 cm³/mol. The molecule has 32 heavy (non-hydrogen) atoms. The lowest BCUT2D eigenvalue weighted by Gasteiger charge is -2.20. The first kappa shape index (κ1) is 20.2. The van der Waals surface area contributed by atoms with Crippen molar-refractivity contribution in [2.24, 2.45) is 0 Å². The number of fused-ring (bicyclic) bond motifs is 2. The number of likely N-dealkylation sites (N-methyl/N-ethyl adjacent to an activating group) is 1. The number of alkyl halides is 1. The number of aromatic nitrogens is 3. The Balaban J connectivity index is 1.39. The zero-order chi connectivity index (χ0) is 22.5. The van der Waals surface area contributed by atoms with Crippen molar-refractivity contribution in [1.29, 1.82) is 0 Å². The zero-order valence-electron chi connectivity index (χ0n) is 17.7. The lowest BCUT2D eigenvalue weighted by atomic mass is 9.98. The van der Waals surface area contributed by atoms with Gasteiger partial charge in [-0.15, -0.1) is 5.10 Å². The van der Waals surface area contributed by atoms with Crippen molar-refractivity contribution in [3.8, 4) is 5.75 Å². The number of ether oxygens (including phenoxy) is 1. The average molecular weight is 435 g/mol. The van der Waals surface area contributed by atoms with E-state index in [0.717, 1.165) is 5.56 Å². The second-order valence-electron chi connectivity index (χ2n) is 8.23. The number of amides is 2. The Kier molecular flexibility index (Phi) is 4.69. The van der Waals surface area contributed by atoms with Crippen LogP contribution >= 0.6 is 0 Å². The number of hydrogen-bond donors (Lipinski definition) is 1. The summed E-state index contributed by atoms with van der Waals surface area (Å²) in [5, 5.41) is 6.95. The number of hydrogen-bond acceptors (Lipinski definition) is 5. The van der Waals surface area contributed by atoms with E-state index >= 15 is 4.39 Å². The monoisotopic (exact) mass is 435 g/mol. The van der Waals surface area contributed by atoms with Gasteiger partial charge in [0.2, 0.25) is 5.82 Å². The first-order valence-corrected chi connectivity index (χ1v) is 10.4. The molecule has 0 fully saturated rings. The quantitative estimate of drug-likeness (QED) is 0.683. The predicted octanol–water partition coefficient (Wildman–Crippen LogP) is 2.61. The normalized spacial score (nSPS) is 24.3. The highest BCUT2D eigenvalue weighted by Crippen LogP contribution is 2.43. The van der Waals surface area contributed by atoms with Crippen molar-refractivity contribution in [1.82, 2.24) is 20.1 Å². The number of carbonyl (C=O) groups excluding carboxylic acids is 2. The molecule has 8 nitrogen and oxygen atoms in total. The number of benzene rings is 2. The third kappa shape index (κ3) is 3.30. The Hall–Kier alpha value is -3.75. The van der Waals surface area contributed by atoms with E-state index < -0.39 is 17.6 Å². The third-order valence-corrected chi connectivity index (χ3v) is 5.92. The molecule has 1 aromatic heterocycles. The molecule has 0 spiro atoms. The van der Waals surface area contributed by atoms with E-state index in [9.17, 15) is 9.59 Å². The van der Waals surface area contributed by atoms with Gasteiger partial charge < -0.3 is 15.0 Å². The van der Waals surface area contributed by atoms with Crippen LogP contribution in [0.2, 0.25) is 0 Å². The Labute approximate surface area is 184 Å². The van der Waals surface area contributed by atoms with Crippen LogP contribution in [-0.4, -0.2) is 46.3 Å². The molecule has 2 amide bonds. The number of rotatable bonds is 3. The number of carbonyl (C=O) groups is 2. The molecule has 2 unspecified atom stereocenters. The van der Waals surface area contributed by atoms with Crippen LogP contribution in [0, 0.1) is 0 Å². The number of para-hydroxylation sites is 2. The zero-order valence-corrected chi connectivity index (χ0v) is 17.7. The van der Waals surface area contributed by atoms with Crippen LogP contribution in [0.3, 0.4) is 0 Å². The summed E-state index contributed by atoms with van der Waals surface area (Å²) in [7, 11) is 1.62. The van der Waals surface area contributed by atoms with E-state index in [4.69, 9.17) is 4.74 Å². The first-order valence-electron chi connectivity index (χ1n) is 10.4. The topological polar surface area (TPSA) is 89.4 Å². The van der Waals surface area contributed by atoms with E-state index in [1.807, 2.05) is 36.4 Å². The summed E-state index contributed by atoms with van der Waals surface area (Å²) in [5.74, 6) is -0.507. The summed E-state index contributed by atoms with van der Waals surface area (Å²) < 4.78 is 22.5. The minimum Gasteiger partial charge on any atom is -0.489 e. The molecular formula is C23H22FN5O3. The van der Waals surface area contributed by atoms with Crippen molar-refractivity contribution < 1.29 is 18.7 Å². The first-order chi connectivity index (χ1) is 15.3. The summed E-state index contributed by atoms with van der Waals surface area (Å²) in [5.41, 5.74) is -0.222. The molecule has 0 saturated carbocycles. The van der Waals surface area contributed by atoms with Crippen molar-refractivity contribution in [3.63, 3.8) is 0 Å². The molecule has 0 saturated heterocycles. The van der Waals surface area contributed by atoms with Crippen LogP contribution in [-0.2, 0) is 10.5 Å². The standard InChI is InChI=1S/C23H22FN5O3/c1-23(24)12-17(14-8-4-3-5-9-14)29-22(23)26-19(27-29)20(30)25-15-13-32-18-11-7-6-10-16(18)28(2)21(15)31/h3-11,15,17H,12-13H2,1-2H3,(H,25,30)/t15-,17?,23?/m0/s1. The Morgan fingerprint density at radius 3 is 2.69 bits per heavy atom. The minimum absolute atomic E-state index is 0.0348. The summed E-state index contributed by atoms with van der Waals surface area (Å²) in [4.78, 5) is 31.4. The molecule has 3 heterocycles. The van der Waals surface area contributed by atoms with Gasteiger partial charge in [-0.2, -0.15) is 0 Å². The minimum atomic E-state index is -1.73. The fourth-order valence-corrected chi connectivity index (χ4v) is 4.25. The number of nitrogens with zero attached hydrogens (tertiary/aromatic N) is 4. The van der Waals surface area contributed by atoms with Gasteiger partial charge >= 0.3 is 0 Å². The van der Waals surface area contributed by atoms with Gasteiger partial charge in [-0.25, -0.2) is 14.1 Å². The summed E-state index contributed by atoms with van der Waals surface area (Å²) in [6, 6.07) is 15.3. The molecule has 0 aliphatic carbocycles. The molecule has 2 aliphatic rings. The lowest BCUT2D eigenvalue weighted by Crippen LogP contribution is -2.49. The third-order valence-electron chi connectivity index (χ3n) is 5.92. The van der Waals surface area contributed by atoms with E-state index in [2.05, 4.69) is 15.4 Å². The van der Waals surface area contributed by atoms with Crippen LogP contribution in [0.15, 0.2) is 54.6 Å². The van der Waals surface area contributed by atoms with Gasteiger partial charge in [-0.05, 0) is 24.6 Å². The molecule has 1 N–H and O–H groups in total. The van der Waals surface area contributed by atoms with Gasteiger partial charge in [0.15, 0.2) is 11.5 Å². The number of halogens is 1. The van der Waals surface area contributed by atoms with Gasteiger partial charge in [0.1, 0.15) is 18.4 Å². The highest BCUT2D eigenvalue weighted by atomic mass is 19.1. The highest BCUT2D eigenvalue weighted by Gasteiger charge is 2.45. The molecule has 9 heteroatoms. The summed E-state index contributed by atoms with van der Waals surface area (Å²) >= 11 is 0.